The van der Waals surface area contributed by atoms with Crippen molar-refractivity contribution >= 4 is 44.9 Å². The molecule has 13 aromatic rings. The maximum atomic E-state index is 2.55. The van der Waals surface area contributed by atoms with Gasteiger partial charge in [0.05, 0.1) is 11.1 Å². The zero-order chi connectivity index (χ0) is 52.5. The smallest absolute Gasteiger partial charge is 0.0714 e. The summed E-state index contributed by atoms with van der Waals surface area (Å²) in [5.41, 5.74) is 22.3. The number of nitrogens with zero attached hydrogens (tertiary/aromatic N) is 2. The molecule has 79 heavy (non-hydrogen) atoms. The van der Waals surface area contributed by atoms with Gasteiger partial charge in [-0.05, 0) is 144 Å². The Morgan fingerprint density at radius 1 is 0.228 bits per heavy atom. The highest BCUT2D eigenvalue weighted by Gasteiger charge is 2.46. The molecule has 0 amide bonds. The van der Waals surface area contributed by atoms with E-state index in [4.69, 9.17) is 0 Å². The molecule has 372 valence electrons. The molecule has 13 aromatic carbocycles. The Kier molecular flexibility index (Phi) is 12.2. The van der Waals surface area contributed by atoms with Crippen LogP contribution in [0, 0.1) is 0 Å². The van der Waals surface area contributed by atoms with Crippen LogP contribution in [0.15, 0.2) is 328 Å². The van der Waals surface area contributed by atoms with Gasteiger partial charge in [-0.1, -0.05) is 267 Å². The SMILES string of the molecule is c1ccc(-c2cccc(-c3ccccc3)c2-c2cc(N(c3ccccc3)c3ccccc3)cc(N(c3ccc4c(c3)C(c3ccccc3)(c3ccccc3)c3ccccc3-4)c3ccc4ccccc4c3-c3ccccc3)c2)cc1. The second-order valence-corrected chi connectivity index (χ2v) is 20.3. The quantitative estimate of drug-likeness (QED) is 0.120. The van der Waals surface area contributed by atoms with E-state index in [0.29, 0.717) is 0 Å². The standard InChI is InChI=1S/C77H54N2/c1-8-27-55(28-9-1)67-44-26-45-68(56-29-10-2-11-30-56)75(67)59-51-65(78(62-38-18-6-19-39-62)63-40-20-7-21-41-63)53-66(52-59)79(74-50-47-57-31-22-23-42-69(57)76(74)58-32-12-3-13-33-58)64-48-49-71-70-43-24-25-46-72(70)77(73(71)54-64,60-34-14-4-15-35-60)61-36-16-5-17-37-61/h1-54H. The lowest BCUT2D eigenvalue weighted by Gasteiger charge is -2.35. The van der Waals surface area contributed by atoms with E-state index >= 15 is 0 Å². The Bertz CT molecular complexity index is 4140. The van der Waals surface area contributed by atoms with E-state index in [9.17, 15) is 0 Å². The topological polar surface area (TPSA) is 6.48 Å². The van der Waals surface area contributed by atoms with Crippen LogP contribution in [0.1, 0.15) is 22.3 Å². The predicted octanol–water partition coefficient (Wildman–Crippen LogP) is 20.8. The van der Waals surface area contributed by atoms with Crippen molar-refractivity contribution in [3.05, 3.63) is 350 Å². The van der Waals surface area contributed by atoms with Crippen molar-refractivity contribution < 1.29 is 0 Å². The van der Waals surface area contributed by atoms with Gasteiger partial charge in [0.15, 0.2) is 0 Å². The fraction of sp³-hybridized carbons (Fsp3) is 0.0130. The van der Waals surface area contributed by atoms with Gasteiger partial charge in [0.25, 0.3) is 0 Å². The van der Waals surface area contributed by atoms with Gasteiger partial charge in [-0.3, -0.25) is 0 Å². The monoisotopic (exact) mass is 1010 g/mol. The first-order chi connectivity index (χ1) is 39.2. The van der Waals surface area contributed by atoms with Crippen molar-refractivity contribution in [3.8, 4) is 55.6 Å². The molecule has 0 spiro atoms. The van der Waals surface area contributed by atoms with Gasteiger partial charge < -0.3 is 9.80 Å². The molecule has 0 atom stereocenters. The molecule has 0 radical (unpaired) electrons. The Morgan fingerprint density at radius 3 is 1.27 bits per heavy atom. The number of hydrogen-bond acceptors (Lipinski definition) is 2. The Morgan fingerprint density at radius 2 is 0.684 bits per heavy atom. The van der Waals surface area contributed by atoms with Crippen LogP contribution in [0.3, 0.4) is 0 Å². The van der Waals surface area contributed by atoms with E-state index in [-0.39, 0.29) is 0 Å². The highest BCUT2D eigenvalue weighted by molar-refractivity contribution is 6.07. The van der Waals surface area contributed by atoms with Gasteiger partial charge >= 0.3 is 0 Å². The molecule has 0 saturated carbocycles. The number of fused-ring (bicyclic) bond motifs is 4. The zero-order valence-electron chi connectivity index (χ0n) is 43.6. The van der Waals surface area contributed by atoms with E-state index < -0.39 is 5.41 Å². The fourth-order valence-corrected chi connectivity index (χ4v) is 12.5. The summed E-state index contributed by atoms with van der Waals surface area (Å²) in [4.78, 5) is 4.96. The zero-order valence-corrected chi connectivity index (χ0v) is 43.6. The molecule has 0 saturated heterocycles. The van der Waals surface area contributed by atoms with Crippen LogP contribution in [-0.4, -0.2) is 0 Å². The summed E-state index contributed by atoms with van der Waals surface area (Å²) >= 11 is 0. The summed E-state index contributed by atoms with van der Waals surface area (Å²) in [7, 11) is 0. The molecule has 0 fully saturated rings. The molecule has 0 N–H and O–H groups in total. The van der Waals surface area contributed by atoms with Crippen molar-refractivity contribution in [2.24, 2.45) is 0 Å². The number of anilines is 6. The van der Waals surface area contributed by atoms with Crippen molar-refractivity contribution in [2.75, 3.05) is 9.80 Å². The first-order valence-corrected chi connectivity index (χ1v) is 27.2. The average molecular weight is 1010 g/mol. The molecular weight excluding hydrogens is 953 g/mol. The lowest BCUT2D eigenvalue weighted by molar-refractivity contribution is 0.768. The molecule has 0 unspecified atom stereocenters. The van der Waals surface area contributed by atoms with Crippen LogP contribution < -0.4 is 9.80 Å². The van der Waals surface area contributed by atoms with Gasteiger partial charge in [0.2, 0.25) is 0 Å². The molecule has 0 heterocycles. The second-order valence-electron chi connectivity index (χ2n) is 20.3. The van der Waals surface area contributed by atoms with Gasteiger partial charge in [0.1, 0.15) is 0 Å². The van der Waals surface area contributed by atoms with Crippen LogP contribution in [0.2, 0.25) is 0 Å². The Balaban J connectivity index is 1.13. The largest absolute Gasteiger partial charge is 0.310 e. The Labute approximate surface area is 463 Å². The molecule has 1 aliphatic carbocycles. The summed E-state index contributed by atoms with van der Waals surface area (Å²) < 4.78 is 0. The summed E-state index contributed by atoms with van der Waals surface area (Å²) in [5, 5.41) is 2.36. The number of para-hydroxylation sites is 2. The molecule has 0 aromatic heterocycles. The van der Waals surface area contributed by atoms with Crippen LogP contribution in [0.5, 0.6) is 0 Å². The minimum Gasteiger partial charge on any atom is -0.310 e. The average Bonchev–Trinajstić information content (AvgIpc) is 4.10. The van der Waals surface area contributed by atoms with Crippen molar-refractivity contribution in [1.29, 1.82) is 0 Å². The third-order valence-corrected chi connectivity index (χ3v) is 15.9. The highest BCUT2D eigenvalue weighted by Crippen LogP contribution is 2.58. The fourth-order valence-electron chi connectivity index (χ4n) is 12.5. The van der Waals surface area contributed by atoms with Gasteiger partial charge in [-0.25, -0.2) is 0 Å². The summed E-state index contributed by atoms with van der Waals surface area (Å²) in [6, 6.07) is 120. The van der Waals surface area contributed by atoms with Gasteiger partial charge in [-0.15, -0.1) is 0 Å². The minimum absolute atomic E-state index is 0.620. The van der Waals surface area contributed by atoms with Crippen molar-refractivity contribution in [2.45, 2.75) is 5.41 Å². The third-order valence-electron chi connectivity index (χ3n) is 15.9. The predicted molar refractivity (Wildman–Crippen MR) is 332 cm³/mol. The van der Waals surface area contributed by atoms with E-state index in [1.165, 1.54) is 44.2 Å². The lowest BCUT2D eigenvalue weighted by atomic mass is 9.67. The first kappa shape index (κ1) is 47.2. The van der Waals surface area contributed by atoms with Gasteiger partial charge in [-0.2, -0.15) is 0 Å². The summed E-state index contributed by atoms with van der Waals surface area (Å²) in [6.45, 7) is 0. The van der Waals surface area contributed by atoms with E-state index in [2.05, 4.69) is 337 Å². The summed E-state index contributed by atoms with van der Waals surface area (Å²) in [5.74, 6) is 0. The van der Waals surface area contributed by atoms with Crippen LogP contribution in [0.4, 0.5) is 34.1 Å². The molecule has 2 heteroatoms. The second kappa shape index (κ2) is 20.3. The normalized spacial score (nSPS) is 12.2. The van der Waals surface area contributed by atoms with E-state index in [0.717, 1.165) is 78.6 Å². The maximum Gasteiger partial charge on any atom is 0.0714 e. The molecule has 1 aliphatic rings. The van der Waals surface area contributed by atoms with Crippen molar-refractivity contribution in [3.63, 3.8) is 0 Å². The number of rotatable bonds is 12. The Hall–Kier alpha value is -10.3. The molecular formula is C77H54N2. The first-order valence-electron chi connectivity index (χ1n) is 27.2. The maximum absolute atomic E-state index is 2.55. The van der Waals surface area contributed by atoms with Crippen LogP contribution in [0.25, 0.3) is 66.4 Å². The van der Waals surface area contributed by atoms with Crippen LogP contribution in [-0.2, 0) is 5.41 Å². The van der Waals surface area contributed by atoms with Crippen molar-refractivity contribution in [1.82, 2.24) is 0 Å². The molecule has 0 bridgehead atoms. The number of benzene rings is 13. The minimum atomic E-state index is -0.620. The molecule has 14 rings (SSSR count). The highest BCUT2D eigenvalue weighted by atomic mass is 15.2. The molecule has 0 aliphatic heterocycles. The van der Waals surface area contributed by atoms with E-state index in [1.54, 1.807) is 0 Å². The van der Waals surface area contributed by atoms with Gasteiger partial charge in [0, 0.05) is 34.0 Å². The number of hydrogen-bond donors (Lipinski definition) is 0. The lowest BCUT2D eigenvalue weighted by Crippen LogP contribution is -2.28. The van der Waals surface area contributed by atoms with E-state index in [1.807, 2.05) is 0 Å². The van der Waals surface area contributed by atoms with Crippen LogP contribution >= 0.6 is 0 Å². The molecule has 2 nitrogen and oxygen atoms in total. The summed E-state index contributed by atoms with van der Waals surface area (Å²) in [6.07, 6.45) is 0. The third kappa shape index (κ3) is 8.30.